The van der Waals surface area contributed by atoms with Crippen LogP contribution in [0.4, 0.5) is 0 Å². The Balaban J connectivity index is 2.25. The van der Waals surface area contributed by atoms with Crippen LogP contribution in [0.25, 0.3) is 0 Å². The summed E-state index contributed by atoms with van der Waals surface area (Å²) in [7, 11) is 0. The Labute approximate surface area is 388 Å². The Bertz CT molecular complexity index is 997. The number of aliphatic hydroxyl groups excluding tert-OH is 5. The number of carbonyl (C=O) groups is 1. The molecule has 0 spiro atoms. The fourth-order valence-corrected chi connectivity index (χ4v) is 8.98. The van der Waals surface area contributed by atoms with E-state index in [0.717, 1.165) is 38.5 Å². The van der Waals surface area contributed by atoms with Crippen LogP contribution < -0.4 is 5.32 Å². The van der Waals surface area contributed by atoms with Crippen LogP contribution >= 0.6 is 0 Å². The monoisotopic (exact) mass is 896 g/mol. The fourth-order valence-electron chi connectivity index (χ4n) is 8.98. The van der Waals surface area contributed by atoms with Gasteiger partial charge < -0.3 is 40.3 Å². The maximum Gasteiger partial charge on any atom is 0.220 e. The Morgan fingerprint density at radius 1 is 0.524 bits per heavy atom. The third kappa shape index (κ3) is 34.8. The summed E-state index contributed by atoms with van der Waals surface area (Å²) in [6.07, 6.45) is 46.9. The van der Waals surface area contributed by atoms with Gasteiger partial charge in [0.2, 0.25) is 5.91 Å². The molecule has 1 amide bonds. The summed E-state index contributed by atoms with van der Waals surface area (Å²) in [5.74, 6) is -0.171. The number of ether oxygens (including phenoxy) is 2. The van der Waals surface area contributed by atoms with Crippen LogP contribution in [0.2, 0.25) is 0 Å². The van der Waals surface area contributed by atoms with Gasteiger partial charge in [0.15, 0.2) is 6.29 Å². The minimum Gasteiger partial charge on any atom is -0.394 e. The summed E-state index contributed by atoms with van der Waals surface area (Å²) in [6, 6.07) is -0.799. The SMILES string of the molecule is CCCCCCCCCCCCCCCCCCCCCCC/C=C/C(O)C(COC1OC(CO)C(O)C(O)C1O)NC(=O)CCCCCCCCCCCCCCCCCCC. The first kappa shape index (κ1) is 59.9. The second-order valence-electron chi connectivity index (χ2n) is 19.4. The van der Waals surface area contributed by atoms with Crippen molar-refractivity contribution in [3.8, 4) is 0 Å². The highest BCUT2D eigenvalue weighted by Crippen LogP contribution is 2.23. The van der Waals surface area contributed by atoms with Gasteiger partial charge in [-0.15, -0.1) is 0 Å². The van der Waals surface area contributed by atoms with Crippen molar-refractivity contribution in [2.24, 2.45) is 0 Å². The molecule has 63 heavy (non-hydrogen) atoms. The van der Waals surface area contributed by atoms with E-state index in [9.17, 15) is 30.3 Å². The van der Waals surface area contributed by atoms with Crippen molar-refractivity contribution in [1.29, 1.82) is 0 Å². The predicted molar refractivity (Wildman–Crippen MR) is 263 cm³/mol. The molecular weight excluding hydrogens is 791 g/mol. The second kappa shape index (κ2) is 44.7. The molecule has 0 saturated carbocycles. The third-order valence-electron chi connectivity index (χ3n) is 13.4. The molecule has 0 radical (unpaired) electrons. The van der Waals surface area contributed by atoms with Gasteiger partial charge in [-0.2, -0.15) is 0 Å². The highest BCUT2D eigenvalue weighted by Gasteiger charge is 2.44. The lowest BCUT2D eigenvalue weighted by Gasteiger charge is -2.40. The number of allylic oxidation sites excluding steroid dienone is 1. The van der Waals surface area contributed by atoms with Crippen molar-refractivity contribution in [3.63, 3.8) is 0 Å². The lowest BCUT2D eigenvalue weighted by Crippen LogP contribution is -2.60. The number of carbonyl (C=O) groups excluding carboxylic acids is 1. The largest absolute Gasteiger partial charge is 0.394 e. The van der Waals surface area contributed by atoms with Gasteiger partial charge >= 0.3 is 0 Å². The van der Waals surface area contributed by atoms with Crippen molar-refractivity contribution in [2.45, 2.75) is 314 Å². The average Bonchev–Trinajstić information content (AvgIpc) is 3.28. The first-order valence-corrected chi connectivity index (χ1v) is 27.4. The van der Waals surface area contributed by atoms with E-state index in [-0.39, 0.29) is 12.5 Å². The molecule has 1 fully saturated rings. The zero-order valence-corrected chi connectivity index (χ0v) is 41.4. The van der Waals surface area contributed by atoms with Gasteiger partial charge in [-0.05, 0) is 19.3 Å². The van der Waals surface area contributed by atoms with E-state index in [1.807, 2.05) is 6.08 Å². The third-order valence-corrected chi connectivity index (χ3v) is 13.4. The Hall–Kier alpha value is -1.07. The standard InChI is InChI=1S/C54H105NO8/c1-3-5-7-9-11-13-15-17-19-21-22-23-24-25-26-28-29-31-33-35-37-39-41-43-48(57)47(46-62-54-53(61)52(60)51(59)49(45-56)63-54)55-50(58)44-42-40-38-36-34-32-30-27-20-18-16-14-12-10-8-6-4-2/h41,43,47-49,51-54,56-57,59-61H,3-40,42,44-46H2,1-2H3,(H,55,58)/b43-41+. The second-order valence-corrected chi connectivity index (χ2v) is 19.4. The van der Waals surface area contributed by atoms with Crippen LogP contribution in [0.3, 0.4) is 0 Å². The van der Waals surface area contributed by atoms with Crippen LogP contribution in [0.1, 0.15) is 271 Å². The molecular formula is C54H105NO8. The number of hydrogen-bond acceptors (Lipinski definition) is 8. The molecule has 7 unspecified atom stereocenters. The molecule has 7 atom stereocenters. The molecule has 1 aliphatic heterocycles. The van der Waals surface area contributed by atoms with Crippen molar-refractivity contribution in [2.75, 3.05) is 13.2 Å². The molecule has 0 aromatic heterocycles. The van der Waals surface area contributed by atoms with Crippen LogP contribution in [-0.2, 0) is 14.3 Å². The van der Waals surface area contributed by atoms with Crippen LogP contribution in [0, 0.1) is 0 Å². The van der Waals surface area contributed by atoms with E-state index in [1.54, 1.807) is 6.08 Å². The molecule has 9 heteroatoms. The smallest absolute Gasteiger partial charge is 0.220 e. The van der Waals surface area contributed by atoms with E-state index in [4.69, 9.17) is 9.47 Å². The van der Waals surface area contributed by atoms with Crippen LogP contribution in [0.15, 0.2) is 12.2 Å². The van der Waals surface area contributed by atoms with E-state index >= 15 is 0 Å². The van der Waals surface area contributed by atoms with Gasteiger partial charge in [0.1, 0.15) is 24.4 Å². The van der Waals surface area contributed by atoms with E-state index < -0.39 is 49.5 Å². The number of hydrogen-bond donors (Lipinski definition) is 6. The molecule has 1 aliphatic rings. The lowest BCUT2D eigenvalue weighted by molar-refractivity contribution is -0.302. The highest BCUT2D eigenvalue weighted by atomic mass is 16.7. The summed E-state index contributed by atoms with van der Waals surface area (Å²) in [5.41, 5.74) is 0. The topological polar surface area (TPSA) is 149 Å². The van der Waals surface area contributed by atoms with Gasteiger partial charge in [-0.3, -0.25) is 4.79 Å². The van der Waals surface area contributed by atoms with Crippen molar-refractivity contribution in [1.82, 2.24) is 5.32 Å². The number of rotatable bonds is 47. The fraction of sp³-hybridized carbons (Fsp3) is 0.944. The molecule has 0 aromatic carbocycles. The maximum atomic E-state index is 13.0. The Morgan fingerprint density at radius 2 is 0.873 bits per heavy atom. The van der Waals surface area contributed by atoms with Gasteiger partial charge in [0, 0.05) is 6.42 Å². The van der Waals surface area contributed by atoms with Crippen LogP contribution in [-0.4, -0.2) is 87.5 Å². The summed E-state index contributed by atoms with van der Waals surface area (Å²) in [6.45, 7) is 3.81. The first-order valence-electron chi connectivity index (χ1n) is 27.4. The lowest BCUT2D eigenvalue weighted by atomic mass is 9.99. The van der Waals surface area contributed by atoms with Gasteiger partial charge in [0.05, 0.1) is 25.4 Å². The molecule has 1 rings (SSSR count). The predicted octanol–water partition coefficient (Wildman–Crippen LogP) is 12.8. The summed E-state index contributed by atoms with van der Waals surface area (Å²) < 4.78 is 11.3. The van der Waals surface area contributed by atoms with E-state index in [2.05, 4.69) is 19.2 Å². The number of unbranched alkanes of at least 4 members (excludes halogenated alkanes) is 37. The maximum absolute atomic E-state index is 13.0. The average molecular weight is 896 g/mol. The zero-order valence-electron chi connectivity index (χ0n) is 41.4. The molecule has 0 aliphatic carbocycles. The first-order chi connectivity index (χ1) is 30.8. The van der Waals surface area contributed by atoms with Gasteiger partial charge in [-0.1, -0.05) is 257 Å². The molecule has 374 valence electrons. The van der Waals surface area contributed by atoms with E-state index in [1.165, 1.54) is 212 Å². The summed E-state index contributed by atoms with van der Waals surface area (Å²) in [4.78, 5) is 13.0. The summed E-state index contributed by atoms with van der Waals surface area (Å²) >= 11 is 0. The van der Waals surface area contributed by atoms with Crippen molar-refractivity contribution in [3.05, 3.63) is 12.2 Å². The van der Waals surface area contributed by atoms with Crippen molar-refractivity contribution >= 4 is 5.91 Å². The Kier molecular flexibility index (Phi) is 42.6. The van der Waals surface area contributed by atoms with Gasteiger partial charge in [0.25, 0.3) is 0 Å². The van der Waals surface area contributed by atoms with Gasteiger partial charge in [-0.25, -0.2) is 0 Å². The zero-order chi connectivity index (χ0) is 45.9. The molecule has 1 heterocycles. The minimum atomic E-state index is -1.56. The van der Waals surface area contributed by atoms with Crippen molar-refractivity contribution < 1.29 is 39.8 Å². The minimum absolute atomic E-state index is 0.171. The summed E-state index contributed by atoms with van der Waals surface area (Å²) in [5, 5.41) is 54.4. The molecule has 1 saturated heterocycles. The molecule has 0 bridgehead atoms. The number of nitrogens with one attached hydrogen (secondary N) is 1. The highest BCUT2D eigenvalue weighted by molar-refractivity contribution is 5.76. The Morgan fingerprint density at radius 3 is 1.24 bits per heavy atom. The number of aliphatic hydroxyl groups is 5. The van der Waals surface area contributed by atoms with E-state index in [0.29, 0.717) is 6.42 Å². The molecule has 9 nitrogen and oxygen atoms in total. The molecule has 0 aromatic rings. The molecule has 6 N–H and O–H groups in total. The normalized spacial score (nSPS) is 20.1. The number of amides is 1. The quantitative estimate of drug-likeness (QED) is 0.0261. The van der Waals surface area contributed by atoms with Crippen LogP contribution in [0.5, 0.6) is 0 Å².